The molecule has 1 fully saturated rings. The number of aromatic nitrogens is 2. The highest BCUT2D eigenvalue weighted by molar-refractivity contribution is 6.09. The van der Waals surface area contributed by atoms with Gasteiger partial charge in [0.1, 0.15) is 17.6 Å². The molecule has 0 amide bonds. The maximum absolute atomic E-state index is 12.7. The van der Waals surface area contributed by atoms with Crippen LogP contribution >= 0.6 is 0 Å². The van der Waals surface area contributed by atoms with E-state index in [0.29, 0.717) is 30.2 Å². The maximum Gasteiger partial charge on any atom is 0.293 e. The van der Waals surface area contributed by atoms with E-state index in [1.54, 1.807) is 53.4 Å². The number of hydrogen-bond donors (Lipinski definition) is 1. The Morgan fingerprint density at radius 2 is 2.00 bits per heavy atom. The second kappa shape index (κ2) is 8.69. The average molecular weight is 420 g/mol. The van der Waals surface area contributed by atoms with E-state index in [-0.39, 0.29) is 23.0 Å². The van der Waals surface area contributed by atoms with Crippen molar-refractivity contribution < 1.29 is 14.8 Å². The molecular formula is C23H24N4O4. The summed E-state index contributed by atoms with van der Waals surface area (Å²) in [4.78, 5) is 30.3. The van der Waals surface area contributed by atoms with Crippen molar-refractivity contribution in [1.29, 1.82) is 0 Å². The predicted molar refractivity (Wildman–Crippen MR) is 116 cm³/mol. The number of ketones is 1. The Bertz CT molecular complexity index is 1100. The molecule has 1 aromatic heterocycles. The van der Waals surface area contributed by atoms with E-state index in [1.165, 1.54) is 6.07 Å². The lowest BCUT2D eigenvalue weighted by molar-refractivity contribution is -0.384. The van der Waals surface area contributed by atoms with Crippen LogP contribution in [0, 0.1) is 16.0 Å². The van der Waals surface area contributed by atoms with Gasteiger partial charge in [0.25, 0.3) is 5.69 Å². The Balaban J connectivity index is 1.60. The van der Waals surface area contributed by atoms with Crippen LogP contribution in [-0.4, -0.2) is 38.5 Å². The van der Waals surface area contributed by atoms with Gasteiger partial charge in [-0.15, -0.1) is 0 Å². The van der Waals surface area contributed by atoms with E-state index < -0.39 is 11.0 Å². The quantitative estimate of drug-likeness (QED) is 0.372. The van der Waals surface area contributed by atoms with E-state index in [9.17, 15) is 20.0 Å². The molecule has 160 valence electrons. The van der Waals surface area contributed by atoms with Crippen LogP contribution in [0.25, 0.3) is 0 Å². The summed E-state index contributed by atoms with van der Waals surface area (Å²) in [7, 11) is 1.83. The fourth-order valence-electron chi connectivity index (χ4n) is 4.19. The minimum Gasteiger partial charge on any atom is -0.385 e. The zero-order valence-corrected chi connectivity index (χ0v) is 17.2. The molecule has 8 heteroatoms. The van der Waals surface area contributed by atoms with Gasteiger partial charge in [-0.05, 0) is 25.0 Å². The predicted octanol–water partition coefficient (Wildman–Crippen LogP) is 3.51. The third kappa shape index (κ3) is 4.20. The molecule has 0 bridgehead atoms. The highest BCUT2D eigenvalue weighted by Crippen LogP contribution is 2.36. The van der Waals surface area contributed by atoms with Crippen molar-refractivity contribution in [2.45, 2.75) is 18.9 Å². The summed E-state index contributed by atoms with van der Waals surface area (Å²) < 4.78 is 1.79. The number of imidazole rings is 1. The molecule has 4 rings (SSSR count). The van der Waals surface area contributed by atoms with Crippen LogP contribution in [-0.2, 0) is 7.05 Å². The molecule has 0 saturated carbocycles. The summed E-state index contributed by atoms with van der Waals surface area (Å²) in [6.07, 6.45) is 4.29. The summed E-state index contributed by atoms with van der Waals surface area (Å²) in [5.41, 5.74) is 1.13. The molecule has 1 aliphatic rings. The summed E-state index contributed by atoms with van der Waals surface area (Å²) in [6, 6.07) is 13.3. The number of aliphatic hydroxyl groups excluding tert-OH is 1. The number of carbonyl (C=O) groups excluding carboxylic acids is 1. The molecule has 2 aromatic carbocycles. The lowest BCUT2D eigenvalue weighted by atomic mass is 9.91. The highest BCUT2D eigenvalue weighted by atomic mass is 16.6. The second-order valence-electron chi connectivity index (χ2n) is 7.85. The fourth-order valence-corrected chi connectivity index (χ4v) is 4.19. The van der Waals surface area contributed by atoms with E-state index in [4.69, 9.17) is 0 Å². The summed E-state index contributed by atoms with van der Waals surface area (Å²) in [5.74, 6) is 0.238. The molecule has 0 spiro atoms. The average Bonchev–Trinajstić information content (AvgIpc) is 3.24. The minimum atomic E-state index is -0.749. The number of aryl methyl sites for hydroxylation is 1. The van der Waals surface area contributed by atoms with Gasteiger partial charge in [-0.3, -0.25) is 14.9 Å². The number of hydrogen-bond acceptors (Lipinski definition) is 6. The van der Waals surface area contributed by atoms with E-state index in [2.05, 4.69) is 4.98 Å². The van der Waals surface area contributed by atoms with E-state index in [0.717, 1.165) is 12.8 Å². The first-order valence-electron chi connectivity index (χ1n) is 10.2. The maximum atomic E-state index is 12.7. The third-order valence-electron chi connectivity index (χ3n) is 5.84. The van der Waals surface area contributed by atoms with E-state index in [1.807, 2.05) is 18.0 Å². The zero-order chi connectivity index (χ0) is 22.0. The van der Waals surface area contributed by atoms with Crippen molar-refractivity contribution in [2.75, 3.05) is 18.0 Å². The van der Waals surface area contributed by atoms with Gasteiger partial charge in [0.15, 0.2) is 5.78 Å². The highest BCUT2D eigenvalue weighted by Gasteiger charge is 2.32. The van der Waals surface area contributed by atoms with Crippen molar-refractivity contribution in [1.82, 2.24) is 9.55 Å². The Hall–Kier alpha value is -3.52. The fraction of sp³-hybridized carbons (Fsp3) is 0.304. The number of piperidine rings is 1. The van der Waals surface area contributed by atoms with Gasteiger partial charge in [-0.25, -0.2) is 4.98 Å². The van der Waals surface area contributed by atoms with Crippen LogP contribution in [0.3, 0.4) is 0 Å². The molecule has 31 heavy (non-hydrogen) atoms. The van der Waals surface area contributed by atoms with Crippen molar-refractivity contribution in [2.24, 2.45) is 13.0 Å². The van der Waals surface area contributed by atoms with Crippen molar-refractivity contribution in [3.8, 4) is 0 Å². The van der Waals surface area contributed by atoms with Gasteiger partial charge < -0.3 is 14.6 Å². The number of aliphatic hydroxyl groups is 1. The van der Waals surface area contributed by atoms with Crippen LogP contribution < -0.4 is 4.90 Å². The van der Waals surface area contributed by atoms with Gasteiger partial charge in [0, 0.05) is 55.6 Å². The zero-order valence-electron chi connectivity index (χ0n) is 17.2. The summed E-state index contributed by atoms with van der Waals surface area (Å²) in [6.45, 7) is 1.12. The van der Waals surface area contributed by atoms with Gasteiger partial charge in [0.2, 0.25) is 0 Å². The first kappa shape index (κ1) is 20.7. The lowest BCUT2D eigenvalue weighted by Gasteiger charge is -2.36. The third-order valence-corrected chi connectivity index (χ3v) is 5.84. The van der Waals surface area contributed by atoms with Gasteiger partial charge in [-0.2, -0.15) is 0 Å². The van der Waals surface area contributed by atoms with Crippen molar-refractivity contribution >= 4 is 17.2 Å². The molecule has 0 radical (unpaired) electrons. The minimum absolute atomic E-state index is 0.0971. The van der Waals surface area contributed by atoms with Crippen molar-refractivity contribution in [3.63, 3.8) is 0 Å². The van der Waals surface area contributed by atoms with Gasteiger partial charge in [0.05, 0.1) is 4.92 Å². The standard InChI is InChI=1S/C23H24N4O4/c1-25-13-11-24-23(25)22(29)18-8-5-12-26(15-18)19-10-9-17(14-20(19)27(30)31)21(28)16-6-3-2-4-7-16/h2-4,6-7,9-11,13-14,18,22,29H,5,8,12,15H2,1H3. The van der Waals surface area contributed by atoms with Gasteiger partial charge in [-0.1, -0.05) is 30.3 Å². The molecule has 0 aliphatic carbocycles. The monoisotopic (exact) mass is 420 g/mol. The molecule has 2 unspecified atom stereocenters. The molecule has 2 heterocycles. The molecule has 1 aliphatic heterocycles. The number of benzene rings is 2. The molecule has 1 N–H and O–H groups in total. The Kier molecular flexibility index (Phi) is 5.81. The van der Waals surface area contributed by atoms with Crippen LogP contribution in [0.5, 0.6) is 0 Å². The molecular weight excluding hydrogens is 396 g/mol. The molecule has 1 saturated heterocycles. The van der Waals surface area contributed by atoms with Crippen LogP contribution in [0.2, 0.25) is 0 Å². The van der Waals surface area contributed by atoms with Crippen molar-refractivity contribution in [3.05, 3.63) is 88.0 Å². The first-order valence-corrected chi connectivity index (χ1v) is 10.2. The summed E-state index contributed by atoms with van der Waals surface area (Å²) >= 11 is 0. The smallest absolute Gasteiger partial charge is 0.293 e. The summed E-state index contributed by atoms with van der Waals surface area (Å²) in [5, 5.41) is 22.6. The second-order valence-corrected chi connectivity index (χ2v) is 7.85. The Labute approximate surface area is 179 Å². The number of nitro benzene ring substituents is 1. The number of rotatable bonds is 6. The number of nitrogens with zero attached hydrogens (tertiary/aromatic N) is 4. The van der Waals surface area contributed by atoms with Crippen LogP contribution in [0.1, 0.15) is 40.7 Å². The van der Waals surface area contributed by atoms with Crippen LogP contribution in [0.15, 0.2) is 60.9 Å². The van der Waals surface area contributed by atoms with Crippen LogP contribution in [0.4, 0.5) is 11.4 Å². The first-order chi connectivity index (χ1) is 15.0. The largest absolute Gasteiger partial charge is 0.385 e. The number of carbonyl (C=O) groups is 1. The van der Waals surface area contributed by atoms with Gasteiger partial charge >= 0.3 is 0 Å². The number of anilines is 1. The molecule has 8 nitrogen and oxygen atoms in total. The lowest BCUT2D eigenvalue weighted by Crippen LogP contribution is -2.38. The topological polar surface area (TPSA) is 102 Å². The Morgan fingerprint density at radius 3 is 2.68 bits per heavy atom. The van der Waals surface area contributed by atoms with E-state index >= 15 is 0 Å². The molecule has 2 atom stereocenters. The normalized spacial score (nSPS) is 17.4. The number of nitro groups is 1. The Morgan fingerprint density at radius 1 is 1.23 bits per heavy atom. The molecule has 3 aromatic rings. The SMILES string of the molecule is Cn1ccnc1C(O)C1CCCN(c2ccc(C(=O)c3ccccc3)cc2[N+](=O)[O-])C1.